The van der Waals surface area contributed by atoms with E-state index in [4.69, 9.17) is 11.6 Å². The first kappa shape index (κ1) is 16.4. The summed E-state index contributed by atoms with van der Waals surface area (Å²) in [6, 6.07) is 15.9. The van der Waals surface area contributed by atoms with Gasteiger partial charge in [0, 0.05) is 32.1 Å². The van der Waals surface area contributed by atoms with E-state index in [1.807, 2.05) is 53.4 Å². The van der Waals surface area contributed by atoms with Crippen LogP contribution in [0.1, 0.15) is 5.56 Å². The van der Waals surface area contributed by atoms with Gasteiger partial charge in [0.1, 0.15) is 0 Å². The fourth-order valence-electron chi connectivity index (χ4n) is 2.08. The molecule has 0 unspecified atom stereocenters. The Labute approximate surface area is 157 Å². The molecule has 0 radical (unpaired) electrons. The number of thiazole rings is 1. The first-order valence-electron chi connectivity index (χ1n) is 6.87. The molecule has 3 rings (SSSR count). The van der Waals surface area contributed by atoms with Crippen LogP contribution in [0.3, 0.4) is 0 Å². The summed E-state index contributed by atoms with van der Waals surface area (Å²) in [6.45, 7) is 0. The summed E-state index contributed by atoms with van der Waals surface area (Å²) in [6.07, 6.45) is 1.86. The second-order valence-corrected chi connectivity index (χ2v) is 7.15. The molecular weight excluding hydrogens is 441 g/mol. The zero-order valence-corrected chi connectivity index (χ0v) is 16.0. The Morgan fingerprint density at radius 1 is 1.13 bits per heavy atom. The van der Waals surface area contributed by atoms with Crippen molar-refractivity contribution < 1.29 is 0 Å². The van der Waals surface area contributed by atoms with Crippen LogP contribution in [0, 0.1) is 3.57 Å². The summed E-state index contributed by atoms with van der Waals surface area (Å²) in [5.74, 6) is 0. The summed E-state index contributed by atoms with van der Waals surface area (Å²) in [5, 5.41) is 7.41. The molecule has 0 atom stereocenters. The van der Waals surface area contributed by atoms with E-state index in [1.165, 1.54) is 0 Å². The van der Waals surface area contributed by atoms with Crippen LogP contribution < -0.4 is 4.80 Å². The third-order valence-corrected chi connectivity index (χ3v) is 5.38. The second-order valence-electron chi connectivity index (χ2n) is 4.71. The highest BCUT2D eigenvalue weighted by Gasteiger charge is 2.07. The molecule has 0 N–H and O–H groups in total. The van der Waals surface area contributed by atoms with Crippen LogP contribution in [0.2, 0.25) is 5.02 Å². The van der Waals surface area contributed by atoms with E-state index in [2.05, 4.69) is 44.1 Å². The Hall–Kier alpha value is -1.44. The van der Waals surface area contributed by atoms with Crippen molar-refractivity contribution in [3.63, 3.8) is 0 Å². The van der Waals surface area contributed by atoms with Crippen LogP contribution >= 0.6 is 45.5 Å². The molecule has 1 aromatic heterocycles. The lowest BCUT2D eigenvalue weighted by molar-refractivity contribution is 0.848. The van der Waals surface area contributed by atoms with Crippen LogP contribution in [-0.2, 0) is 0 Å². The molecule has 0 bridgehead atoms. The van der Waals surface area contributed by atoms with Gasteiger partial charge in [-0.25, -0.2) is 4.68 Å². The highest BCUT2D eigenvalue weighted by Crippen LogP contribution is 2.22. The Kier molecular flexibility index (Phi) is 5.30. The average molecular weight is 454 g/mol. The fraction of sp³-hybridized carbons (Fsp3) is 0.0588. The molecule has 0 aliphatic rings. The zero-order valence-electron chi connectivity index (χ0n) is 12.3. The number of aromatic nitrogens is 1. The number of halogens is 2. The molecule has 23 heavy (non-hydrogen) atoms. The monoisotopic (exact) mass is 453 g/mol. The molecule has 6 heteroatoms. The van der Waals surface area contributed by atoms with Gasteiger partial charge in [0.25, 0.3) is 0 Å². The Bertz CT molecular complexity index is 910. The van der Waals surface area contributed by atoms with Crippen molar-refractivity contribution in [3.05, 3.63) is 72.9 Å². The summed E-state index contributed by atoms with van der Waals surface area (Å²) in [7, 11) is 1.77. The van der Waals surface area contributed by atoms with Gasteiger partial charge < -0.3 is 0 Å². The largest absolute Gasteiger partial charge is 0.261 e. The number of hydrogen-bond acceptors (Lipinski definition) is 3. The van der Waals surface area contributed by atoms with Crippen molar-refractivity contribution in [1.29, 1.82) is 0 Å². The maximum absolute atomic E-state index is 5.98. The van der Waals surface area contributed by atoms with Gasteiger partial charge in [-0.3, -0.25) is 4.99 Å². The molecule has 0 spiro atoms. The van der Waals surface area contributed by atoms with Gasteiger partial charge in [-0.2, -0.15) is 5.10 Å². The van der Waals surface area contributed by atoms with Gasteiger partial charge in [-0.15, -0.1) is 11.3 Å². The van der Waals surface area contributed by atoms with E-state index in [1.54, 1.807) is 18.4 Å². The van der Waals surface area contributed by atoms with Crippen molar-refractivity contribution in [2.45, 2.75) is 0 Å². The van der Waals surface area contributed by atoms with Crippen molar-refractivity contribution in [2.24, 2.45) is 10.1 Å². The molecule has 1 heterocycles. The number of hydrogen-bond donors (Lipinski definition) is 0. The molecule has 0 saturated heterocycles. The van der Waals surface area contributed by atoms with E-state index >= 15 is 0 Å². The zero-order chi connectivity index (χ0) is 16.2. The van der Waals surface area contributed by atoms with E-state index in [9.17, 15) is 0 Å². The van der Waals surface area contributed by atoms with Crippen molar-refractivity contribution in [2.75, 3.05) is 7.05 Å². The fourth-order valence-corrected chi connectivity index (χ4v) is 3.54. The first-order valence-corrected chi connectivity index (χ1v) is 9.21. The number of rotatable bonds is 3. The van der Waals surface area contributed by atoms with Crippen molar-refractivity contribution >= 4 is 51.7 Å². The van der Waals surface area contributed by atoms with Gasteiger partial charge in [-0.1, -0.05) is 41.9 Å². The van der Waals surface area contributed by atoms with E-state index < -0.39 is 0 Å². The molecule has 116 valence electrons. The highest BCUT2D eigenvalue weighted by atomic mass is 127. The highest BCUT2D eigenvalue weighted by molar-refractivity contribution is 14.1. The van der Waals surface area contributed by atoms with Crippen molar-refractivity contribution in [3.8, 4) is 11.3 Å². The maximum atomic E-state index is 5.98. The Balaban J connectivity index is 2.06. The SMILES string of the molecule is CN=c1scc(-c2ccc(Cl)cc2)n1/N=C/c1ccccc1I. The minimum absolute atomic E-state index is 0.721. The summed E-state index contributed by atoms with van der Waals surface area (Å²) in [4.78, 5) is 5.15. The number of nitrogens with zero attached hydrogens (tertiary/aromatic N) is 3. The number of benzene rings is 2. The van der Waals surface area contributed by atoms with Gasteiger partial charge in [-0.05, 0) is 40.8 Å². The van der Waals surface area contributed by atoms with E-state index in [0.29, 0.717) is 0 Å². The van der Waals surface area contributed by atoms with Crippen LogP contribution in [0.25, 0.3) is 11.3 Å². The molecule has 0 saturated carbocycles. The lowest BCUT2D eigenvalue weighted by Crippen LogP contribution is -2.11. The molecule has 3 aromatic rings. The molecule has 3 nitrogen and oxygen atoms in total. The Morgan fingerprint density at radius 2 is 1.87 bits per heavy atom. The van der Waals surface area contributed by atoms with Crippen LogP contribution in [0.15, 0.2) is 64.0 Å². The van der Waals surface area contributed by atoms with E-state index in [-0.39, 0.29) is 0 Å². The summed E-state index contributed by atoms with van der Waals surface area (Å²) < 4.78 is 3.02. The maximum Gasteiger partial charge on any atom is 0.205 e. The van der Waals surface area contributed by atoms with Crippen LogP contribution in [-0.4, -0.2) is 17.9 Å². The van der Waals surface area contributed by atoms with Gasteiger partial charge in [0.2, 0.25) is 4.80 Å². The lowest BCUT2D eigenvalue weighted by Gasteiger charge is -2.04. The van der Waals surface area contributed by atoms with Crippen LogP contribution in [0.5, 0.6) is 0 Å². The molecular formula is C17H13ClIN3S. The standard InChI is InChI=1S/C17H13ClIN3S/c1-20-17-22(21-10-13-4-2-3-5-15(13)19)16(11-23-17)12-6-8-14(18)9-7-12/h2-11H,1H3/b20-17?,21-10+. The second kappa shape index (κ2) is 7.42. The molecule has 0 amide bonds. The smallest absolute Gasteiger partial charge is 0.205 e. The predicted octanol–water partition coefficient (Wildman–Crippen LogP) is 4.89. The van der Waals surface area contributed by atoms with Crippen molar-refractivity contribution in [1.82, 2.24) is 4.68 Å². The molecule has 0 aliphatic carbocycles. The minimum atomic E-state index is 0.721. The van der Waals surface area contributed by atoms with Crippen LogP contribution in [0.4, 0.5) is 0 Å². The quantitative estimate of drug-likeness (QED) is 0.399. The Morgan fingerprint density at radius 3 is 2.57 bits per heavy atom. The molecule has 2 aromatic carbocycles. The summed E-state index contributed by atoms with van der Waals surface area (Å²) in [5.41, 5.74) is 3.13. The average Bonchev–Trinajstić information content (AvgIpc) is 2.98. The molecule has 0 aliphatic heterocycles. The van der Waals surface area contributed by atoms with E-state index in [0.717, 1.165) is 30.2 Å². The lowest BCUT2D eigenvalue weighted by atomic mass is 10.2. The topological polar surface area (TPSA) is 29.6 Å². The minimum Gasteiger partial charge on any atom is -0.261 e. The first-order chi connectivity index (χ1) is 11.2. The normalized spacial score (nSPS) is 12.2. The molecule has 0 fully saturated rings. The van der Waals surface area contributed by atoms with Gasteiger partial charge in [0.05, 0.1) is 11.9 Å². The van der Waals surface area contributed by atoms with Gasteiger partial charge in [0.15, 0.2) is 0 Å². The predicted molar refractivity (Wildman–Crippen MR) is 106 cm³/mol. The van der Waals surface area contributed by atoms with Gasteiger partial charge >= 0.3 is 0 Å². The third kappa shape index (κ3) is 3.73. The summed E-state index contributed by atoms with van der Waals surface area (Å²) >= 11 is 9.85. The third-order valence-electron chi connectivity index (χ3n) is 3.23.